The highest BCUT2D eigenvalue weighted by Gasteiger charge is 2.40. The minimum absolute atomic E-state index is 0.0572. The maximum Gasteiger partial charge on any atom is 0.330 e. The van der Waals surface area contributed by atoms with Gasteiger partial charge < -0.3 is 33.6 Å². The van der Waals surface area contributed by atoms with Crippen LogP contribution in [0.4, 0.5) is 0 Å². The zero-order valence-electron chi connectivity index (χ0n) is 19.4. The van der Waals surface area contributed by atoms with Crippen molar-refractivity contribution in [2.45, 2.75) is 63.6 Å². The molecule has 0 bridgehead atoms. The quantitative estimate of drug-likeness (QED) is 0.242. The second-order valence-corrected chi connectivity index (χ2v) is 9.56. The summed E-state index contributed by atoms with van der Waals surface area (Å²) in [5.74, 6) is 0. The lowest BCUT2D eigenvalue weighted by Gasteiger charge is -2.21. The molecule has 0 aliphatic carbocycles. The van der Waals surface area contributed by atoms with E-state index in [-0.39, 0.29) is 19.4 Å². The van der Waals surface area contributed by atoms with Crippen LogP contribution in [-0.4, -0.2) is 71.8 Å². The summed E-state index contributed by atoms with van der Waals surface area (Å²) in [6, 6.07) is 0. The van der Waals surface area contributed by atoms with Crippen LogP contribution in [0.3, 0.4) is 0 Å². The van der Waals surface area contributed by atoms with Gasteiger partial charge in [0.2, 0.25) is 0 Å². The molecule has 198 valence electrons. The Kier molecular flexibility index (Phi) is 8.02. The normalized spacial score (nSPS) is 29.0. The number of H-pyrrole nitrogens is 2. The molecule has 2 aliphatic heterocycles. The van der Waals surface area contributed by atoms with Crippen LogP contribution >= 0.6 is 8.60 Å². The van der Waals surface area contributed by atoms with Gasteiger partial charge in [0.25, 0.3) is 11.1 Å². The van der Waals surface area contributed by atoms with Gasteiger partial charge in [-0.2, -0.15) is 0 Å². The molecule has 4 rings (SSSR count). The highest BCUT2D eigenvalue weighted by atomic mass is 31.2. The van der Waals surface area contributed by atoms with Gasteiger partial charge in [0.1, 0.15) is 24.7 Å². The van der Waals surface area contributed by atoms with Gasteiger partial charge in [-0.1, -0.05) is 0 Å². The van der Waals surface area contributed by atoms with Gasteiger partial charge in [0.15, 0.2) is 0 Å². The van der Waals surface area contributed by atoms with E-state index in [1.807, 2.05) is 0 Å². The lowest BCUT2D eigenvalue weighted by atomic mass is 10.2. The number of aryl methyl sites for hydroxylation is 2. The first kappa shape index (κ1) is 26.6. The molecule has 4 heterocycles. The number of aromatic nitrogens is 4. The summed E-state index contributed by atoms with van der Waals surface area (Å²) in [5.41, 5.74) is -1.81. The predicted octanol–water partition coefficient (Wildman–Crippen LogP) is -1.75. The maximum atomic E-state index is 12.1. The molecule has 2 fully saturated rings. The Morgan fingerprint density at radius 3 is 2.06 bits per heavy atom. The molecule has 0 aromatic carbocycles. The van der Waals surface area contributed by atoms with Gasteiger partial charge in [-0.3, -0.25) is 28.7 Å². The number of hydrogen-bond acceptors (Lipinski definition) is 11. The van der Waals surface area contributed by atoms with Crippen molar-refractivity contribution in [2.75, 3.05) is 13.2 Å². The Labute approximate surface area is 203 Å². The smallest absolute Gasteiger partial charge is 0.330 e. The Hall–Kier alpha value is -2.49. The van der Waals surface area contributed by atoms with Crippen LogP contribution < -0.4 is 22.5 Å². The predicted molar refractivity (Wildman–Crippen MR) is 122 cm³/mol. The molecule has 0 saturated carbocycles. The number of aromatic amines is 2. The average molecular weight is 530 g/mol. The van der Waals surface area contributed by atoms with Crippen molar-refractivity contribution < 1.29 is 33.6 Å². The number of nitrogens with zero attached hydrogens (tertiary/aromatic N) is 2. The Morgan fingerprint density at radius 2 is 1.50 bits per heavy atom. The topological polar surface area (TPSA) is 207 Å². The van der Waals surface area contributed by atoms with Crippen LogP contribution in [0.1, 0.15) is 36.4 Å². The van der Waals surface area contributed by atoms with Gasteiger partial charge >= 0.3 is 20.0 Å². The van der Waals surface area contributed by atoms with Gasteiger partial charge in [0, 0.05) is 36.4 Å². The largest absolute Gasteiger partial charge is 0.394 e. The van der Waals surface area contributed by atoms with Crippen LogP contribution in [-0.2, 0) is 18.5 Å². The second-order valence-electron chi connectivity index (χ2n) is 8.61. The fraction of sp³-hybridized carbons (Fsp3) is 0.600. The fourth-order valence-corrected chi connectivity index (χ4v) is 4.85. The first-order valence-corrected chi connectivity index (χ1v) is 12.2. The molecule has 2 aromatic heterocycles. The van der Waals surface area contributed by atoms with E-state index in [4.69, 9.17) is 18.5 Å². The fourth-order valence-electron chi connectivity index (χ4n) is 4.07. The van der Waals surface area contributed by atoms with E-state index in [0.717, 1.165) is 0 Å². The monoisotopic (exact) mass is 530 g/mol. The SMILES string of the molecule is Cc1cn([C@H]2C[C@@H](O)[C@@H](COP(O)O[C@@H]3C[C@H](n4cc(C)c(=O)[nH]c4=O)O[C@@H]3CO)O2)c(=O)[nH]c1=O. The molecule has 2 saturated heterocycles. The third kappa shape index (κ3) is 5.58. The van der Waals surface area contributed by atoms with Crippen molar-refractivity contribution in [1.29, 1.82) is 0 Å². The molecule has 15 nitrogen and oxygen atoms in total. The number of nitrogens with one attached hydrogen (secondary N) is 2. The standard InChI is InChI=1S/C20H27N4O11P/c1-9-5-23(19(29)21-17(9)27)15-3-11(26)14(34-15)8-32-36(31)35-12-4-16(33-13(12)7-25)24-6-10(2)18(28)22-20(24)30/h5-6,11-16,25-26,31H,3-4,7-8H2,1-2H3,(H,21,27,29)(H,22,28,30)/t11-,12-,13-,14-,15-,16-,36?/m1/s1. The average Bonchev–Trinajstić information content (AvgIpc) is 3.40. The third-order valence-corrected chi connectivity index (χ3v) is 6.87. The van der Waals surface area contributed by atoms with Crippen molar-refractivity contribution in [2.24, 2.45) is 0 Å². The Morgan fingerprint density at radius 1 is 0.972 bits per heavy atom. The number of aliphatic hydroxyl groups excluding tert-OH is 2. The molecule has 2 aromatic rings. The molecule has 16 heteroatoms. The summed E-state index contributed by atoms with van der Waals surface area (Å²) in [6.45, 7) is 2.33. The van der Waals surface area contributed by atoms with Crippen LogP contribution in [0.15, 0.2) is 31.6 Å². The van der Waals surface area contributed by atoms with E-state index < -0.39 is 74.6 Å². The molecular weight excluding hydrogens is 503 g/mol. The van der Waals surface area contributed by atoms with E-state index >= 15 is 0 Å². The minimum atomic E-state index is -2.49. The van der Waals surface area contributed by atoms with Gasteiger partial charge in [0.05, 0.1) is 25.4 Å². The van der Waals surface area contributed by atoms with Crippen LogP contribution in [0.5, 0.6) is 0 Å². The van der Waals surface area contributed by atoms with Crippen molar-refractivity contribution in [3.8, 4) is 0 Å². The summed E-state index contributed by atoms with van der Waals surface area (Å²) in [6.07, 6.45) is -2.49. The van der Waals surface area contributed by atoms with Gasteiger partial charge in [-0.05, 0) is 13.8 Å². The lowest BCUT2D eigenvalue weighted by Crippen LogP contribution is -2.33. The van der Waals surface area contributed by atoms with E-state index in [2.05, 4.69) is 9.97 Å². The van der Waals surface area contributed by atoms with Gasteiger partial charge in [-0.15, -0.1) is 0 Å². The first-order chi connectivity index (χ1) is 17.1. The molecule has 2 aliphatic rings. The molecule has 0 amide bonds. The summed E-state index contributed by atoms with van der Waals surface area (Å²) >= 11 is 0. The summed E-state index contributed by atoms with van der Waals surface area (Å²) < 4.78 is 24.5. The van der Waals surface area contributed by atoms with Crippen LogP contribution in [0.2, 0.25) is 0 Å². The zero-order valence-corrected chi connectivity index (χ0v) is 20.3. The summed E-state index contributed by atoms with van der Waals surface area (Å²) in [7, 11) is -2.49. The third-order valence-electron chi connectivity index (χ3n) is 6.05. The molecule has 7 atom stereocenters. The number of ether oxygens (including phenoxy) is 2. The maximum absolute atomic E-state index is 12.1. The van der Waals surface area contributed by atoms with E-state index in [9.17, 15) is 34.3 Å². The highest BCUT2D eigenvalue weighted by Crippen LogP contribution is 2.42. The zero-order chi connectivity index (χ0) is 26.1. The summed E-state index contributed by atoms with van der Waals surface area (Å²) in [5, 5.41) is 20.0. The molecule has 0 radical (unpaired) electrons. The molecule has 5 N–H and O–H groups in total. The molecule has 36 heavy (non-hydrogen) atoms. The van der Waals surface area contributed by atoms with E-state index in [1.165, 1.54) is 35.4 Å². The minimum Gasteiger partial charge on any atom is -0.394 e. The number of hydrogen-bond donors (Lipinski definition) is 5. The number of rotatable bonds is 8. The van der Waals surface area contributed by atoms with Crippen LogP contribution in [0, 0.1) is 13.8 Å². The van der Waals surface area contributed by atoms with Crippen molar-refractivity contribution >= 4 is 8.60 Å². The van der Waals surface area contributed by atoms with Crippen molar-refractivity contribution in [3.63, 3.8) is 0 Å². The lowest BCUT2D eigenvalue weighted by molar-refractivity contribution is -0.0527. The number of aliphatic hydroxyl groups is 2. The molecule has 0 spiro atoms. The van der Waals surface area contributed by atoms with Gasteiger partial charge in [-0.25, -0.2) is 9.59 Å². The summed E-state index contributed by atoms with van der Waals surface area (Å²) in [4.78, 5) is 62.0. The van der Waals surface area contributed by atoms with Crippen molar-refractivity contribution in [1.82, 2.24) is 19.1 Å². The van der Waals surface area contributed by atoms with E-state index in [0.29, 0.717) is 11.1 Å². The first-order valence-electron chi connectivity index (χ1n) is 11.1. The Bertz CT molecular complexity index is 1320. The van der Waals surface area contributed by atoms with Crippen LogP contribution in [0.25, 0.3) is 0 Å². The highest BCUT2D eigenvalue weighted by molar-refractivity contribution is 7.40. The van der Waals surface area contributed by atoms with Crippen molar-refractivity contribution in [3.05, 3.63) is 65.2 Å². The van der Waals surface area contributed by atoms with E-state index in [1.54, 1.807) is 0 Å². The Balaban J connectivity index is 1.34. The second kappa shape index (κ2) is 10.9. The molecule has 1 unspecified atom stereocenters. The molecular formula is C20H27N4O11P.